The van der Waals surface area contributed by atoms with Crippen LogP contribution in [-0.4, -0.2) is 35.1 Å². The third-order valence-corrected chi connectivity index (χ3v) is 4.51. The zero-order valence-corrected chi connectivity index (χ0v) is 13.4. The molecule has 130 valence electrons. The smallest absolute Gasteiger partial charge is 0.342 e. The predicted molar refractivity (Wildman–Crippen MR) is 80.8 cm³/mol. The summed E-state index contributed by atoms with van der Waals surface area (Å²) in [6.07, 6.45) is -2.28. The molecule has 0 saturated heterocycles. The molecule has 1 aromatic heterocycles. The normalized spacial score (nSPS) is 20.9. The lowest BCUT2D eigenvalue weighted by Gasteiger charge is -2.35. The van der Waals surface area contributed by atoms with Crippen LogP contribution in [0.15, 0.2) is 18.2 Å². The fourth-order valence-corrected chi connectivity index (χ4v) is 3.06. The maximum Gasteiger partial charge on any atom is 0.416 e. The number of amides is 1. The summed E-state index contributed by atoms with van der Waals surface area (Å²) >= 11 is 0. The van der Waals surface area contributed by atoms with E-state index < -0.39 is 11.7 Å². The van der Waals surface area contributed by atoms with Crippen molar-refractivity contribution in [2.24, 2.45) is 11.8 Å². The van der Waals surface area contributed by atoms with Gasteiger partial charge in [0, 0.05) is 19.4 Å². The van der Waals surface area contributed by atoms with Gasteiger partial charge in [-0.2, -0.15) is 13.2 Å². The SMILES string of the molecule is CON(C)C(=O)C1CC(Cc2nc3cc(C(F)(F)F)ccc3[nH]2)C1. The topological polar surface area (TPSA) is 58.2 Å². The van der Waals surface area contributed by atoms with Crippen LogP contribution in [0, 0.1) is 11.8 Å². The molecule has 1 saturated carbocycles. The van der Waals surface area contributed by atoms with Crippen LogP contribution in [0.2, 0.25) is 0 Å². The van der Waals surface area contributed by atoms with Gasteiger partial charge in [0.15, 0.2) is 0 Å². The first kappa shape index (κ1) is 16.8. The molecule has 1 amide bonds. The molecular formula is C16H18F3N3O2. The van der Waals surface area contributed by atoms with Gasteiger partial charge in [-0.1, -0.05) is 0 Å². The molecule has 1 aliphatic rings. The summed E-state index contributed by atoms with van der Waals surface area (Å²) in [4.78, 5) is 24.1. The maximum atomic E-state index is 12.7. The molecular weight excluding hydrogens is 323 g/mol. The largest absolute Gasteiger partial charge is 0.416 e. The molecule has 2 aromatic rings. The van der Waals surface area contributed by atoms with Crippen LogP contribution in [0.4, 0.5) is 13.2 Å². The zero-order chi connectivity index (χ0) is 17.5. The lowest BCUT2D eigenvalue weighted by atomic mass is 9.72. The van der Waals surface area contributed by atoms with Crippen molar-refractivity contribution in [3.63, 3.8) is 0 Å². The number of alkyl halides is 3. The minimum atomic E-state index is -4.37. The quantitative estimate of drug-likeness (QED) is 0.869. The van der Waals surface area contributed by atoms with Gasteiger partial charge >= 0.3 is 6.18 Å². The molecule has 3 rings (SSSR count). The monoisotopic (exact) mass is 341 g/mol. The van der Waals surface area contributed by atoms with Crippen molar-refractivity contribution in [3.05, 3.63) is 29.6 Å². The molecule has 0 aliphatic heterocycles. The number of H-pyrrole nitrogens is 1. The van der Waals surface area contributed by atoms with E-state index in [1.54, 1.807) is 7.05 Å². The van der Waals surface area contributed by atoms with Crippen LogP contribution in [0.1, 0.15) is 24.2 Å². The van der Waals surface area contributed by atoms with Crippen LogP contribution in [0.25, 0.3) is 11.0 Å². The lowest BCUT2D eigenvalue weighted by Crippen LogP contribution is -2.40. The van der Waals surface area contributed by atoms with Crippen LogP contribution in [-0.2, 0) is 22.2 Å². The highest BCUT2D eigenvalue weighted by molar-refractivity contribution is 5.78. The maximum absolute atomic E-state index is 12.7. The molecule has 1 aromatic carbocycles. The Labute approximate surface area is 136 Å². The van der Waals surface area contributed by atoms with Crippen LogP contribution in [0.3, 0.4) is 0 Å². The Morgan fingerprint density at radius 2 is 2.12 bits per heavy atom. The van der Waals surface area contributed by atoms with E-state index in [0.717, 1.165) is 25.0 Å². The van der Waals surface area contributed by atoms with Crippen LogP contribution < -0.4 is 0 Å². The minimum Gasteiger partial charge on any atom is -0.342 e. The molecule has 8 heteroatoms. The van der Waals surface area contributed by atoms with Crippen molar-refractivity contribution in [2.45, 2.75) is 25.4 Å². The van der Waals surface area contributed by atoms with Crippen LogP contribution in [0.5, 0.6) is 0 Å². The Kier molecular flexibility index (Phi) is 4.25. The fourth-order valence-electron chi connectivity index (χ4n) is 3.06. The van der Waals surface area contributed by atoms with Crippen molar-refractivity contribution in [1.82, 2.24) is 15.0 Å². The average molecular weight is 341 g/mol. The summed E-state index contributed by atoms with van der Waals surface area (Å²) in [7, 11) is 3.02. The second-order valence-electron chi connectivity index (χ2n) is 6.17. The molecule has 5 nitrogen and oxygen atoms in total. The Balaban J connectivity index is 1.64. The van der Waals surface area contributed by atoms with Gasteiger partial charge in [0.2, 0.25) is 5.91 Å². The third kappa shape index (κ3) is 3.24. The second kappa shape index (κ2) is 6.08. The van der Waals surface area contributed by atoms with E-state index in [9.17, 15) is 18.0 Å². The van der Waals surface area contributed by atoms with Gasteiger partial charge in [-0.3, -0.25) is 9.63 Å². The number of rotatable bonds is 4. The molecule has 1 N–H and O–H groups in total. The van der Waals surface area contributed by atoms with E-state index in [0.29, 0.717) is 29.2 Å². The van der Waals surface area contributed by atoms with Gasteiger partial charge in [-0.25, -0.2) is 10.0 Å². The predicted octanol–water partition coefficient (Wildman–Crippen LogP) is 3.17. The molecule has 0 atom stereocenters. The highest BCUT2D eigenvalue weighted by Crippen LogP contribution is 2.37. The summed E-state index contributed by atoms with van der Waals surface area (Å²) in [6.45, 7) is 0. The molecule has 24 heavy (non-hydrogen) atoms. The summed E-state index contributed by atoms with van der Waals surface area (Å²) in [5, 5.41) is 1.22. The van der Waals surface area contributed by atoms with Gasteiger partial charge in [0.1, 0.15) is 5.82 Å². The number of benzene rings is 1. The number of carbonyl (C=O) groups excluding carboxylic acids is 1. The number of fused-ring (bicyclic) bond motifs is 1. The molecule has 0 radical (unpaired) electrons. The first-order valence-electron chi connectivity index (χ1n) is 7.65. The Bertz CT molecular complexity index is 751. The number of imidazole rings is 1. The molecule has 0 unspecified atom stereocenters. The summed E-state index contributed by atoms with van der Waals surface area (Å²) in [5.74, 6) is 0.849. The summed E-state index contributed by atoms with van der Waals surface area (Å²) < 4.78 is 38.2. The number of nitrogens with one attached hydrogen (secondary N) is 1. The Hall–Kier alpha value is -2.09. The highest BCUT2D eigenvalue weighted by atomic mass is 19.4. The van der Waals surface area contributed by atoms with Gasteiger partial charge in [-0.15, -0.1) is 0 Å². The van der Waals surface area contributed by atoms with Crippen molar-refractivity contribution in [3.8, 4) is 0 Å². The number of hydrogen-bond donors (Lipinski definition) is 1. The number of hydroxylamine groups is 2. The third-order valence-electron chi connectivity index (χ3n) is 4.51. The molecule has 1 heterocycles. The van der Waals surface area contributed by atoms with Gasteiger partial charge in [0.25, 0.3) is 0 Å². The van der Waals surface area contributed by atoms with E-state index in [-0.39, 0.29) is 11.8 Å². The molecule has 0 bridgehead atoms. The molecule has 0 spiro atoms. The van der Waals surface area contributed by atoms with E-state index in [2.05, 4.69) is 9.97 Å². The number of halogens is 3. The van der Waals surface area contributed by atoms with Gasteiger partial charge in [0.05, 0.1) is 23.7 Å². The number of aromatic amines is 1. The number of carbonyl (C=O) groups is 1. The summed E-state index contributed by atoms with van der Waals surface area (Å²) in [5.41, 5.74) is 0.194. The second-order valence-corrected chi connectivity index (χ2v) is 6.17. The van der Waals surface area contributed by atoms with E-state index in [1.807, 2.05) is 0 Å². The first-order valence-corrected chi connectivity index (χ1v) is 7.65. The number of nitrogens with zero attached hydrogens (tertiary/aromatic N) is 2. The Morgan fingerprint density at radius 1 is 1.42 bits per heavy atom. The number of aromatic nitrogens is 2. The van der Waals surface area contributed by atoms with E-state index in [1.165, 1.54) is 18.2 Å². The van der Waals surface area contributed by atoms with E-state index >= 15 is 0 Å². The van der Waals surface area contributed by atoms with Crippen molar-refractivity contribution in [1.29, 1.82) is 0 Å². The highest BCUT2D eigenvalue weighted by Gasteiger charge is 2.36. The van der Waals surface area contributed by atoms with Crippen LogP contribution >= 0.6 is 0 Å². The standard InChI is InChI=1S/C16H18F3N3O2/c1-22(24-2)15(23)10-5-9(6-10)7-14-20-12-4-3-11(16(17,18)19)8-13(12)21-14/h3-4,8-10H,5-7H2,1-2H3,(H,20,21). The minimum absolute atomic E-state index is 0.0480. The van der Waals surface area contributed by atoms with Crippen molar-refractivity contribution < 1.29 is 22.8 Å². The van der Waals surface area contributed by atoms with Crippen molar-refractivity contribution in [2.75, 3.05) is 14.2 Å². The average Bonchev–Trinajstić information content (AvgIpc) is 2.89. The zero-order valence-electron chi connectivity index (χ0n) is 13.4. The first-order chi connectivity index (χ1) is 11.3. The van der Waals surface area contributed by atoms with E-state index in [4.69, 9.17) is 4.84 Å². The number of hydrogen-bond acceptors (Lipinski definition) is 3. The Morgan fingerprint density at radius 3 is 2.75 bits per heavy atom. The fraction of sp³-hybridized carbons (Fsp3) is 0.500. The molecule has 1 fully saturated rings. The molecule has 1 aliphatic carbocycles. The van der Waals surface area contributed by atoms with Gasteiger partial charge < -0.3 is 4.98 Å². The lowest BCUT2D eigenvalue weighted by molar-refractivity contribution is -0.177. The van der Waals surface area contributed by atoms with Crippen molar-refractivity contribution >= 4 is 16.9 Å². The van der Waals surface area contributed by atoms with Gasteiger partial charge in [-0.05, 0) is 37.0 Å². The summed E-state index contributed by atoms with van der Waals surface area (Å²) in [6, 6.07) is 3.49.